The summed E-state index contributed by atoms with van der Waals surface area (Å²) in [6.07, 6.45) is 4.99. The summed E-state index contributed by atoms with van der Waals surface area (Å²) in [5.74, 6) is 0.168. The number of hydrogen-bond donors (Lipinski definition) is 0. The average Bonchev–Trinajstić information content (AvgIpc) is 2.95. The smallest absolute Gasteiger partial charge is 0.341 e. The summed E-state index contributed by atoms with van der Waals surface area (Å²) in [6, 6.07) is 2.00. The minimum atomic E-state index is -0.375. The maximum Gasteiger partial charge on any atom is 0.341 e. The van der Waals surface area contributed by atoms with Crippen molar-refractivity contribution in [3.8, 4) is 5.88 Å². The van der Waals surface area contributed by atoms with Crippen molar-refractivity contribution in [1.82, 2.24) is 19.5 Å². The van der Waals surface area contributed by atoms with Crippen molar-refractivity contribution in [3.63, 3.8) is 0 Å². The van der Waals surface area contributed by atoms with Gasteiger partial charge in [0.05, 0.1) is 31.5 Å². The summed E-state index contributed by atoms with van der Waals surface area (Å²) in [4.78, 5) is 25.1. The number of esters is 1. The number of nitrogens with zero attached hydrogens (tertiary/aromatic N) is 4. The number of pyridine rings is 1. The minimum Gasteiger partial charge on any atom is -0.481 e. The topological polar surface area (TPSA) is 79.1 Å². The van der Waals surface area contributed by atoms with Crippen LogP contribution in [0.25, 0.3) is 11.0 Å². The van der Waals surface area contributed by atoms with Crippen LogP contribution in [-0.4, -0.2) is 39.2 Å². The Bertz CT molecular complexity index is 933. The molecule has 0 aliphatic heterocycles. The van der Waals surface area contributed by atoms with E-state index in [1.165, 1.54) is 6.33 Å². The molecule has 0 aliphatic carbocycles. The molecule has 0 radical (unpaired) electrons. The van der Waals surface area contributed by atoms with Crippen LogP contribution >= 0.6 is 0 Å². The van der Waals surface area contributed by atoms with Gasteiger partial charge in [-0.1, -0.05) is 0 Å². The van der Waals surface area contributed by atoms with Gasteiger partial charge < -0.3 is 14.0 Å². The fourth-order valence-electron chi connectivity index (χ4n) is 2.75. The number of hydrogen-bond acceptors (Lipinski definition) is 6. The SMILES string of the molecule is CCOC(=O)c1cn(Cc2ncnc(OC)c2C)c2cc(C)cnc12. The van der Waals surface area contributed by atoms with Gasteiger partial charge in [-0.3, -0.25) is 4.98 Å². The molecule has 130 valence electrons. The van der Waals surface area contributed by atoms with E-state index in [1.807, 2.05) is 24.5 Å². The van der Waals surface area contributed by atoms with E-state index in [0.29, 0.717) is 30.1 Å². The van der Waals surface area contributed by atoms with Crippen molar-refractivity contribution in [1.29, 1.82) is 0 Å². The van der Waals surface area contributed by atoms with Crippen LogP contribution < -0.4 is 4.74 Å². The Kier molecular flexibility index (Phi) is 4.65. The predicted molar refractivity (Wildman–Crippen MR) is 92.8 cm³/mol. The summed E-state index contributed by atoms with van der Waals surface area (Å²) < 4.78 is 12.4. The van der Waals surface area contributed by atoms with Crippen molar-refractivity contribution in [2.75, 3.05) is 13.7 Å². The number of fused-ring (bicyclic) bond motifs is 1. The zero-order valence-corrected chi connectivity index (χ0v) is 14.7. The molecule has 3 heterocycles. The van der Waals surface area contributed by atoms with Crippen LogP contribution in [0.2, 0.25) is 0 Å². The quantitative estimate of drug-likeness (QED) is 0.665. The molecule has 7 nitrogen and oxygen atoms in total. The Morgan fingerprint density at radius 3 is 2.76 bits per heavy atom. The lowest BCUT2D eigenvalue weighted by molar-refractivity contribution is 0.0528. The van der Waals surface area contributed by atoms with Gasteiger partial charge in [-0.2, -0.15) is 0 Å². The highest BCUT2D eigenvalue weighted by molar-refractivity contribution is 6.02. The molecule has 0 aliphatic rings. The summed E-state index contributed by atoms with van der Waals surface area (Å²) >= 11 is 0. The van der Waals surface area contributed by atoms with E-state index in [9.17, 15) is 4.79 Å². The minimum absolute atomic E-state index is 0.319. The lowest BCUT2D eigenvalue weighted by Crippen LogP contribution is -2.06. The van der Waals surface area contributed by atoms with Crippen LogP contribution in [0.3, 0.4) is 0 Å². The molecule has 0 unspecified atom stereocenters. The Morgan fingerprint density at radius 2 is 2.04 bits per heavy atom. The maximum atomic E-state index is 12.3. The fourth-order valence-corrected chi connectivity index (χ4v) is 2.75. The molecule has 25 heavy (non-hydrogen) atoms. The van der Waals surface area contributed by atoms with Crippen molar-refractivity contribution < 1.29 is 14.3 Å². The van der Waals surface area contributed by atoms with E-state index in [1.54, 1.807) is 26.4 Å². The first kappa shape index (κ1) is 16.9. The molecule has 0 fully saturated rings. The number of ether oxygens (including phenoxy) is 2. The van der Waals surface area contributed by atoms with Crippen LogP contribution in [-0.2, 0) is 11.3 Å². The molecule has 0 saturated carbocycles. The second-order valence-corrected chi connectivity index (χ2v) is 5.73. The number of aryl methyl sites for hydroxylation is 1. The highest BCUT2D eigenvalue weighted by Crippen LogP contribution is 2.24. The van der Waals surface area contributed by atoms with Gasteiger partial charge in [0.25, 0.3) is 0 Å². The molecule has 7 heteroatoms. The first-order valence-electron chi connectivity index (χ1n) is 8.02. The van der Waals surface area contributed by atoms with Crippen LogP contribution in [0.1, 0.15) is 34.1 Å². The number of methoxy groups -OCH3 is 1. The molecule has 0 saturated heterocycles. The molecule has 0 amide bonds. The first-order valence-corrected chi connectivity index (χ1v) is 8.02. The summed E-state index contributed by atoms with van der Waals surface area (Å²) in [5.41, 5.74) is 4.64. The lowest BCUT2D eigenvalue weighted by atomic mass is 10.2. The molecular formula is C18H20N4O3. The number of carbonyl (C=O) groups is 1. The monoisotopic (exact) mass is 340 g/mol. The second kappa shape index (κ2) is 6.88. The molecule has 0 bridgehead atoms. The molecule has 0 aromatic carbocycles. The van der Waals surface area contributed by atoms with Crippen molar-refractivity contribution in [2.24, 2.45) is 0 Å². The summed E-state index contributed by atoms with van der Waals surface area (Å²) in [5, 5.41) is 0. The Hall–Kier alpha value is -2.96. The molecule has 0 spiro atoms. The number of carbonyl (C=O) groups excluding carboxylic acids is 1. The van der Waals surface area contributed by atoms with Crippen LogP contribution in [0.15, 0.2) is 24.8 Å². The van der Waals surface area contributed by atoms with Crippen molar-refractivity contribution in [2.45, 2.75) is 27.3 Å². The standard InChI is InChI=1S/C18H20N4O3/c1-5-25-18(23)13-8-22(15-6-11(2)7-19-16(13)15)9-14-12(3)17(24-4)21-10-20-14/h6-8,10H,5,9H2,1-4H3. The average molecular weight is 340 g/mol. The van der Waals surface area contributed by atoms with E-state index in [2.05, 4.69) is 15.0 Å². The number of rotatable bonds is 5. The third kappa shape index (κ3) is 3.17. The van der Waals surface area contributed by atoms with Gasteiger partial charge in [0.15, 0.2) is 0 Å². The van der Waals surface area contributed by atoms with Gasteiger partial charge in [-0.15, -0.1) is 0 Å². The normalized spacial score (nSPS) is 10.9. The molecule has 3 rings (SSSR count). The maximum absolute atomic E-state index is 12.3. The van der Waals surface area contributed by atoms with Gasteiger partial charge in [-0.05, 0) is 32.4 Å². The van der Waals surface area contributed by atoms with E-state index in [4.69, 9.17) is 9.47 Å². The molecule has 3 aromatic heterocycles. The van der Waals surface area contributed by atoms with Gasteiger partial charge in [0, 0.05) is 18.0 Å². The third-order valence-electron chi connectivity index (χ3n) is 4.00. The van der Waals surface area contributed by atoms with Crippen LogP contribution in [0, 0.1) is 13.8 Å². The number of aromatic nitrogens is 4. The largest absolute Gasteiger partial charge is 0.481 e. The molecule has 3 aromatic rings. The van der Waals surface area contributed by atoms with Gasteiger partial charge in [0.2, 0.25) is 5.88 Å². The van der Waals surface area contributed by atoms with E-state index in [-0.39, 0.29) is 5.97 Å². The van der Waals surface area contributed by atoms with Crippen LogP contribution in [0.5, 0.6) is 5.88 Å². The molecule has 0 N–H and O–H groups in total. The Morgan fingerprint density at radius 1 is 1.24 bits per heavy atom. The van der Waals surface area contributed by atoms with Crippen molar-refractivity contribution >= 4 is 17.0 Å². The van der Waals surface area contributed by atoms with E-state index in [0.717, 1.165) is 22.3 Å². The summed E-state index contributed by atoms with van der Waals surface area (Å²) in [7, 11) is 1.58. The molecular weight excluding hydrogens is 320 g/mol. The van der Waals surface area contributed by atoms with E-state index < -0.39 is 0 Å². The third-order valence-corrected chi connectivity index (χ3v) is 4.00. The Balaban J connectivity index is 2.10. The molecule has 0 atom stereocenters. The highest BCUT2D eigenvalue weighted by Gasteiger charge is 2.19. The fraction of sp³-hybridized carbons (Fsp3) is 0.333. The van der Waals surface area contributed by atoms with Crippen molar-refractivity contribution in [3.05, 3.63) is 47.2 Å². The van der Waals surface area contributed by atoms with Gasteiger partial charge in [0.1, 0.15) is 17.4 Å². The van der Waals surface area contributed by atoms with Gasteiger partial charge >= 0.3 is 5.97 Å². The summed E-state index contributed by atoms with van der Waals surface area (Å²) in [6.45, 7) is 6.46. The highest BCUT2D eigenvalue weighted by atomic mass is 16.5. The Labute approximate surface area is 145 Å². The predicted octanol–water partition coefficient (Wildman–Crippen LogP) is 2.68. The van der Waals surface area contributed by atoms with Gasteiger partial charge in [-0.25, -0.2) is 14.8 Å². The van der Waals surface area contributed by atoms with E-state index >= 15 is 0 Å². The zero-order chi connectivity index (χ0) is 18.0. The zero-order valence-electron chi connectivity index (χ0n) is 14.7. The first-order chi connectivity index (χ1) is 12.0. The van der Waals surface area contributed by atoms with Crippen LogP contribution in [0.4, 0.5) is 0 Å². The second-order valence-electron chi connectivity index (χ2n) is 5.73. The lowest BCUT2D eigenvalue weighted by Gasteiger charge is -2.10.